The Bertz CT molecular complexity index is 1310. The molecule has 34 heavy (non-hydrogen) atoms. The van der Waals surface area contributed by atoms with E-state index in [2.05, 4.69) is 9.72 Å². The van der Waals surface area contributed by atoms with E-state index in [9.17, 15) is 18.0 Å². The summed E-state index contributed by atoms with van der Waals surface area (Å²) in [5.74, 6) is -0.564. The molecule has 0 N–H and O–H groups in total. The Morgan fingerprint density at radius 2 is 1.68 bits per heavy atom. The molecule has 0 amide bonds. The molecule has 0 radical (unpaired) electrons. The average molecular weight is 488 g/mol. The summed E-state index contributed by atoms with van der Waals surface area (Å²) in [5.41, 5.74) is 1.86. The van der Waals surface area contributed by atoms with Gasteiger partial charge < -0.3 is 18.8 Å². The van der Waals surface area contributed by atoms with Crippen LogP contribution in [-0.4, -0.2) is 67.6 Å². The number of benzene rings is 2. The summed E-state index contributed by atoms with van der Waals surface area (Å²) >= 11 is 0. The van der Waals surface area contributed by atoms with Crippen LogP contribution in [0.3, 0.4) is 0 Å². The smallest absolute Gasteiger partial charge is 0.338 e. The third kappa shape index (κ3) is 4.67. The van der Waals surface area contributed by atoms with E-state index < -0.39 is 22.0 Å². The van der Waals surface area contributed by atoms with Gasteiger partial charge in [0.05, 0.1) is 47.4 Å². The van der Waals surface area contributed by atoms with Gasteiger partial charge in [0.1, 0.15) is 12.4 Å². The van der Waals surface area contributed by atoms with Crippen molar-refractivity contribution < 1.29 is 32.2 Å². The van der Waals surface area contributed by atoms with Crippen LogP contribution in [0.5, 0.6) is 0 Å². The van der Waals surface area contributed by atoms with Crippen molar-refractivity contribution in [2.75, 3.05) is 33.4 Å². The zero-order valence-corrected chi connectivity index (χ0v) is 19.7. The highest BCUT2D eigenvalue weighted by Crippen LogP contribution is 2.24. The first-order valence-corrected chi connectivity index (χ1v) is 12.2. The maximum absolute atomic E-state index is 13.0. The normalized spacial score (nSPS) is 14.8. The van der Waals surface area contributed by atoms with Crippen LogP contribution in [0.4, 0.5) is 0 Å². The number of ether oxygens (including phenoxy) is 3. The van der Waals surface area contributed by atoms with Crippen molar-refractivity contribution in [2.24, 2.45) is 0 Å². The van der Waals surface area contributed by atoms with Crippen LogP contribution in [0.15, 0.2) is 47.4 Å². The summed E-state index contributed by atoms with van der Waals surface area (Å²) in [6.45, 7) is 3.76. The van der Waals surface area contributed by atoms with E-state index in [1.807, 2.05) is 11.5 Å². The summed E-state index contributed by atoms with van der Waals surface area (Å²) in [6.07, 6.45) is 0. The van der Waals surface area contributed by atoms with E-state index in [-0.39, 0.29) is 17.1 Å². The number of hydrogen-bond donors (Lipinski definition) is 0. The molecule has 1 aromatic heterocycles. The average Bonchev–Trinajstić information content (AvgIpc) is 3.24. The van der Waals surface area contributed by atoms with E-state index in [1.165, 1.54) is 35.7 Å². The summed E-state index contributed by atoms with van der Waals surface area (Å²) in [5, 5.41) is 0. The van der Waals surface area contributed by atoms with Crippen LogP contribution in [0, 0.1) is 0 Å². The van der Waals surface area contributed by atoms with Crippen LogP contribution in [-0.2, 0) is 37.4 Å². The van der Waals surface area contributed by atoms with E-state index in [0.717, 1.165) is 5.52 Å². The molecule has 180 valence electrons. The Balaban J connectivity index is 1.53. The molecule has 0 atom stereocenters. The minimum Gasteiger partial charge on any atom is -0.465 e. The third-order valence-corrected chi connectivity index (χ3v) is 7.49. The molecule has 0 unspecified atom stereocenters. The molecular formula is C23H25N3O7S. The Morgan fingerprint density at radius 3 is 2.29 bits per heavy atom. The number of nitrogens with zero attached hydrogens (tertiary/aromatic N) is 3. The largest absolute Gasteiger partial charge is 0.465 e. The predicted molar refractivity (Wildman–Crippen MR) is 122 cm³/mol. The number of rotatable bonds is 7. The summed E-state index contributed by atoms with van der Waals surface area (Å²) < 4.78 is 44.6. The summed E-state index contributed by atoms with van der Waals surface area (Å²) in [7, 11) is -2.37. The summed E-state index contributed by atoms with van der Waals surface area (Å²) in [4.78, 5) is 28.7. The van der Waals surface area contributed by atoms with Crippen molar-refractivity contribution in [3.05, 3.63) is 59.4 Å². The molecule has 0 bridgehead atoms. The van der Waals surface area contributed by atoms with Crippen LogP contribution >= 0.6 is 0 Å². The highest BCUT2D eigenvalue weighted by molar-refractivity contribution is 7.89. The molecule has 2 aromatic carbocycles. The predicted octanol–water partition coefficient (Wildman–Crippen LogP) is 2.22. The lowest BCUT2D eigenvalue weighted by molar-refractivity contribution is 0.0457. The van der Waals surface area contributed by atoms with Gasteiger partial charge in [0.15, 0.2) is 0 Å². The first-order valence-electron chi connectivity index (χ1n) is 10.8. The van der Waals surface area contributed by atoms with E-state index >= 15 is 0 Å². The van der Waals surface area contributed by atoms with Gasteiger partial charge in [0.25, 0.3) is 0 Å². The van der Waals surface area contributed by atoms with Crippen molar-refractivity contribution in [3.63, 3.8) is 0 Å². The highest BCUT2D eigenvalue weighted by atomic mass is 32.2. The molecule has 0 saturated carbocycles. The molecule has 0 spiro atoms. The quantitative estimate of drug-likeness (QED) is 0.466. The van der Waals surface area contributed by atoms with Gasteiger partial charge in [0.2, 0.25) is 10.0 Å². The Kier molecular flexibility index (Phi) is 6.96. The Labute approximate surface area is 197 Å². The van der Waals surface area contributed by atoms with Crippen LogP contribution < -0.4 is 0 Å². The van der Waals surface area contributed by atoms with Gasteiger partial charge in [-0.15, -0.1) is 0 Å². The molecule has 1 saturated heterocycles. The number of carbonyl (C=O) groups is 2. The highest BCUT2D eigenvalue weighted by Gasteiger charge is 2.27. The number of morpholine rings is 1. The van der Waals surface area contributed by atoms with E-state index in [1.54, 1.807) is 18.2 Å². The number of imidazole rings is 1. The SMILES string of the molecule is CCn1c(COC(=O)c2ccc(C(=O)OC)cc2)nc2cc(S(=O)(=O)N3CCOCC3)ccc21. The van der Waals surface area contributed by atoms with Gasteiger partial charge in [-0.3, -0.25) is 0 Å². The number of hydrogen-bond acceptors (Lipinski definition) is 8. The van der Waals surface area contributed by atoms with E-state index in [0.29, 0.717) is 49.8 Å². The van der Waals surface area contributed by atoms with Crippen molar-refractivity contribution in [3.8, 4) is 0 Å². The molecule has 11 heteroatoms. The first kappa shape index (κ1) is 23.9. The minimum absolute atomic E-state index is 0.0916. The zero-order valence-electron chi connectivity index (χ0n) is 18.9. The fourth-order valence-electron chi connectivity index (χ4n) is 3.79. The fraction of sp³-hybridized carbons (Fsp3) is 0.348. The molecular weight excluding hydrogens is 462 g/mol. The lowest BCUT2D eigenvalue weighted by Gasteiger charge is -2.26. The van der Waals surface area contributed by atoms with Crippen LogP contribution in [0.25, 0.3) is 11.0 Å². The third-order valence-electron chi connectivity index (χ3n) is 5.60. The Hall–Kier alpha value is -3.28. The van der Waals surface area contributed by atoms with Crippen molar-refractivity contribution >= 4 is 33.0 Å². The van der Waals surface area contributed by atoms with Gasteiger partial charge >= 0.3 is 11.9 Å². The monoisotopic (exact) mass is 487 g/mol. The van der Waals surface area contributed by atoms with Crippen LogP contribution in [0.1, 0.15) is 33.5 Å². The summed E-state index contributed by atoms with van der Waals surface area (Å²) in [6, 6.07) is 10.8. The second kappa shape index (κ2) is 9.92. The topological polar surface area (TPSA) is 117 Å². The molecule has 1 fully saturated rings. The lowest BCUT2D eigenvalue weighted by atomic mass is 10.1. The standard InChI is InChI=1S/C23H25N3O7S/c1-3-26-20-9-8-18(34(29,30)25-10-12-32-13-11-25)14-19(20)24-21(26)15-33-23(28)17-6-4-16(5-7-17)22(27)31-2/h4-9,14H,3,10-13,15H2,1-2H3. The van der Waals surface area contributed by atoms with Crippen molar-refractivity contribution in [1.82, 2.24) is 13.9 Å². The zero-order chi connectivity index (χ0) is 24.3. The van der Waals surface area contributed by atoms with Crippen molar-refractivity contribution in [1.29, 1.82) is 0 Å². The molecule has 3 aromatic rings. The van der Waals surface area contributed by atoms with Gasteiger partial charge in [-0.2, -0.15) is 4.31 Å². The molecule has 1 aliphatic heterocycles. The maximum Gasteiger partial charge on any atom is 0.338 e. The number of fused-ring (bicyclic) bond motifs is 1. The van der Waals surface area contributed by atoms with Crippen molar-refractivity contribution in [2.45, 2.75) is 25.0 Å². The molecule has 2 heterocycles. The number of aromatic nitrogens is 2. The van der Waals surface area contributed by atoms with Gasteiger partial charge in [-0.05, 0) is 49.4 Å². The number of sulfonamides is 1. The van der Waals surface area contributed by atoms with E-state index in [4.69, 9.17) is 9.47 Å². The number of methoxy groups -OCH3 is 1. The second-order valence-electron chi connectivity index (χ2n) is 7.58. The number of aryl methyl sites for hydroxylation is 1. The first-order chi connectivity index (χ1) is 16.3. The number of carbonyl (C=O) groups excluding carboxylic acids is 2. The van der Waals surface area contributed by atoms with Gasteiger partial charge in [0, 0.05) is 19.6 Å². The second-order valence-corrected chi connectivity index (χ2v) is 9.52. The van der Waals surface area contributed by atoms with Crippen LogP contribution in [0.2, 0.25) is 0 Å². The molecule has 10 nitrogen and oxygen atoms in total. The minimum atomic E-state index is -3.65. The lowest BCUT2D eigenvalue weighted by Crippen LogP contribution is -2.40. The van der Waals surface area contributed by atoms with Gasteiger partial charge in [-0.1, -0.05) is 0 Å². The number of esters is 2. The van der Waals surface area contributed by atoms with Gasteiger partial charge in [-0.25, -0.2) is 23.0 Å². The maximum atomic E-state index is 13.0. The molecule has 4 rings (SSSR count). The molecule has 1 aliphatic rings. The molecule has 0 aliphatic carbocycles. The Morgan fingerprint density at radius 1 is 1.03 bits per heavy atom. The fourth-order valence-corrected chi connectivity index (χ4v) is 5.22.